The summed E-state index contributed by atoms with van der Waals surface area (Å²) in [6.45, 7) is 4.89. The normalized spacial score (nSPS) is 19.0. The summed E-state index contributed by atoms with van der Waals surface area (Å²) in [5, 5.41) is 2.85. The van der Waals surface area contributed by atoms with Crippen molar-refractivity contribution in [3.63, 3.8) is 0 Å². The van der Waals surface area contributed by atoms with Gasteiger partial charge in [0.25, 0.3) is 0 Å². The maximum absolute atomic E-state index is 3.65. The number of nitrogens with one attached hydrogen (secondary N) is 1. The van der Waals surface area contributed by atoms with Crippen LogP contribution in [0.5, 0.6) is 0 Å². The van der Waals surface area contributed by atoms with Crippen molar-refractivity contribution in [1.29, 1.82) is 0 Å². The Labute approximate surface area is 289 Å². The molecule has 0 aliphatic heterocycles. The molecule has 0 amide bonds. The number of aromatic amines is 1. The first-order valence-corrected chi connectivity index (χ1v) is 16.3. The molecule has 0 radical (unpaired) electrons. The van der Waals surface area contributed by atoms with Crippen LogP contribution in [0.25, 0.3) is 21.8 Å². The zero-order valence-corrected chi connectivity index (χ0v) is 30.9. The van der Waals surface area contributed by atoms with Gasteiger partial charge in [0.15, 0.2) is 0 Å². The summed E-state index contributed by atoms with van der Waals surface area (Å²) >= 11 is 0. The Morgan fingerprint density at radius 2 is 0.744 bits per heavy atom. The van der Waals surface area contributed by atoms with Crippen LogP contribution >= 0.6 is 0 Å². The number of H-pyrrole nitrogens is 1. The van der Waals surface area contributed by atoms with E-state index in [4.69, 9.17) is 0 Å². The van der Waals surface area contributed by atoms with Crippen molar-refractivity contribution in [2.75, 3.05) is 0 Å². The first-order valence-electron chi connectivity index (χ1n) is 16.3. The maximum atomic E-state index is 3.65. The predicted molar refractivity (Wildman–Crippen MR) is 188 cm³/mol. The van der Waals surface area contributed by atoms with E-state index in [-0.39, 0.29) is 63.8 Å². The summed E-state index contributed by atoms with van der Waals surface area (Å²) in [6, 6.07) is 14.3. The molecule has 246 valence electrons. The largest absolute Gasteiger partial charge is 2.00 e. The summed E-state index contributed by atoms with van der Waals surface area (Å²) in [4.78, 5) is 3.65. The van der Waals surface area contributed by atoms with Gasteiger partial charge in [-0.15, -0.1) is 0 Å². The monoisotopic (exact) mass is 671 g/mol. The van der Waals surface area contributed by atoms with E-state index >= 15 is 0 Å². The molecule has 43 heavy (non-hydrogen) atoms. The Bertz CT molecular complexity index is 997. The Balaban J connectivity index is 0. The second-order valence-corrected chi connectivity index (χ2v) is 12.9. The summed E-state index contributed by atoms with van der Waals surface area (Å²) in [5.41, 5.74) is 5.64. The zero-order valence-electron chi connectivity index (χ0n) is 28.7. The van der Waals surface area contributed by atoms with Crippen LogP contribution in [0.15, 0.2) is 36.4 Å². The Hall–Kier alpha value is -0.721. The van der Waals surface area contributed by atoms with Gasteiger partial charge in [-0.1, -0.05) is 116 Å². The van der Waals surface area contributed by atoms with Crippen LogP contribution in [0.2, 0.25) is 0 Å². The summed E-state index contributed by atoms with van der Waals surface area (Å²) in [6.07, 6.45) is 26.3. The molecule has 2 unspecified atom stereocenters. The number of hydrogen-bond acceptors (Lipinski definition) is 0. The molecule has 0 spiro atoms. The van der Waals surface area contributed by atoms with Gasteiger partial charge in [0.1, 0.15) is 0 Å². The molecule has 4 fully saturated rings. The van der Waals surface area contributed by atoms with Gasteiger partial charge in [-0.3, -0.25) is 0 Å². The molecule has 1 N–H and O–H groups in total. The fourth-order valence-corrected chi connectivity index (χ4v) is 7.73. The molecule has 2 atom stereocenters. The van der Waals surface area contributed by atoms with E-state index in [2.05, 4.69) is 55.2 Å². The van der Waals surface area contributed by atoms with E-state index in [1.807, 2.05) is 0 Å². The molecule has 0 saturated heterocycles. The fraction of sp³-hybridized carbons (Fsp3) is 0.600. The molecule has 4 aliphatic rings. The number of hydrogen-bond donors (Lipinski definition) is 1. The average Bonchev–Trinajstić information content (AvgIpc) is 3.80. The molecular formula is C40H65Fe2N. The SMILES string of the molecule is C1CCCC1.C1CCCC1.CC(c1ccc2[nH]c3ccc(C(C)C4CCCC4)cc3c2c1)C1CCCC1.[CH3-].[CH3-].[CH3-].[CH3-].[Fe+2].[Fe+2]. The van der Waals surface area contributed by atoms with Crippen molar-refractivity contribution in [3.05, 3.63) is 77.2 Å². The minimum atomic E-state index is 0. The van der Waals surface area contributed by atoms with Gasteiger partial charge in [-0.05, 0) is 84.7 Å². The number of fused-ring (bicyclic) bond motifs is 3. The van der Waals surface area contributed by atoms with Crippen molar-refractivity contribution < 1.29 is 34.1 Å². The molecule has 4 aliphatic carbocycles. The Kier molecular flexibility index (Phi) is 23.5. The van der Waals surface area contributed by atoms with E-state index in [0.717, 1.165) is 11.8 Å². The van der Waals surface area contributed by atoms with E-state index in [9.17, 15) is 0 Å². The third-order valence-electron chi connectivity index (χ3n) is 10.4. The van der Waals surface area contributed by atoms with Gasteiger partial charge >= 0.3 is 34.1 Å². The Morgan fingerprint density at radius 3 is 1.02 bits per heavy atom. The molecule has 2 aromatic carbocycles. The van der Waals surface area contributed by atoms with Crippen LogP contribution in [0.4, 0.5) is 0 Å². The van der Waals surface area contributed by atoms with Crippen LogP contribution in [0.1, 0.15) is 152 Å². The molecule has 3 heteroatoms. The van der Waals surface area contributed by atoms with Crippen molar-refractivity contribution >= 4 is 21.8 Å². The van der Waals surface area contributed by atoms with Crippen LogP contribution < -0.4 is 0 Å². The summed E-state index contributed by atoms with van der Waals surface area (Å²) in [5.74, 6) is 3.13. The third-order valence-corrected chi connectivity index (χ3v) is 10.4. The third kappa shape index (κ3) is 11.9. The minimum absolute atomic E-state index is 0. The first-order chi connectivity index (χ1) is 18.2. The van der Waals surface area contributed by atoms with Gasteiger partial charge in [0.2, 0.25) is 0 Å². The van der Waals surface area contributed by atoms with E-state index < -0.39 is 0 Å². The Morgan fingerprint density at radius 1 is 0.465 bits per heavy atom. The number of aromatic nitrogens is 1. The molecule has 1 heterocycles. The molecule has 7 rings (SSSR count). The van der Waals surface area contributed by atoms with Crippen LogP contribution in [-0.2, 0) is 34.1 Å². The summed E-state index contributed by atoms with van der Waals surface area (Å²) in [7, 11) is 0. The standard InChI is InChI=1S/C26H33N.2C5H10.4CH3.2Fe/c1-17(19-7-3-4-8-19)21-11-13-25-23(15-21)24-16-22(12-14-26(24)27-25)18(2)20-9-5-6-10-20;2*1-2-4-5-3-1;;;;;;/h11-20,27H,3-10H2,1-2H3;2*1-5H2;4*1H3;;/q;;;4*-1;2*+2. The average molecular weight is 672 g/mol. The van der Waals surface area contributed by atoms with Gasteiger partial charge in [-0.25, -0.2) is 0 Å². The van der Waals surface area contributed by atoms with Gasteiger partial charge < -0.3 is 34.7 Å². The summed E-state index contributed by atoms with van der Waals surface area (Å²) < 4.78 is 0. The number of rotatable bonds is 4. The minimum Gasteiger partial charge on any atom is -0.358 e. The molecule has 0 bridgehead atoms. The smallest absolute Gasteiger partial charge is 0.358 e. The second-order valence-electron chi connectivity index (χ2n) is 12.9. The van der Waals surface area contributed by atoms with E-state index in [0.29, 0.717) is 11.8 Å². The van der Waals surface area contributed by atoms with Crippen molar-refractivity contribution in [3.8, 4) is 0 Å². The quantitative estimate of drug-likeness (QED) is 0.210. The molecule has 3 aromatic rings. The number of benzene rings is 2. The van der Waals surface area contributed by atoms with E-state index in [1.165, 1.54) is 149 Å². The molecule has 4 saturated carbocycles. The van der Waals surface area contributed by atoms with Crippen molar-refractivity contribution in [2.45, 2.75) is 141 Å². The maximum Gasteiger partial charge on any atom is 2.00 e. The molecule has 1 nitrogen and oxygen atoms in total. The van der Waals surface area contributed by atoms with Gasteiger partial charge in [0, 0.05) is 21.8 Å². The fourth-order valence-electron chi connectivity index (χ4n) is 7.73. The van der Waals surface area contributed by atoms with E-state index in [1.54, 1.807) is 0 Å². The predicted octanol–water partition coefficient (Wildman–Crippen LogP) is 13.6. The van der Waals surface area contributed by atoms with Crippen LogP contribution in [0.3, 0.4) is 0 Å². The van der Waals surface area contributed by atoms with Crippen molar-refractivity contribution in [1.82, 2.24) is 4.98 Å². The second kappa shape index (κ2) is 22.7. The van der Waals surface area contributed by atoms with Crippen molar-refractivity contribution in [2.24, 2.45) is 11.8 Å². The zero-order chi connectivity index (χ0) is 25.5. The first kappa shape index (κ1) is 44.4. The molecular weight excluding hydrogens is 606 g/mol. The topological polar surface area (TPSA) is 15.8 Å². The molecule has 1 aromatic heterocycles. The van der Waals surface area contributed by atoms with Crippen LogP contribution in [0, 0.1) is 41.5 Å². The van der Waals surface area contributed by atoms with Gasteiger partial charge in [-0.2, -0.15) is 0 Å². The van der Waals surface area contributed by atoms with Gasteiger partial charge in [0.05, 0.1) is 0 Å². The van der Waals surface area contributed by atoms with Crippen LogP contribution in [-0.4, -0.2) is 4.98 Å².